The third-order valence-electron chi connectivity index (χ3n) is 2.90. The number of rotatable bonds is 8. The standard InChI is InChI=1S/C15H20N2O2/c1-2-8-19-14-5-3-4-13(9-14)17-15(18)11-16-10-12-6-7-12/h2-5,9,12,16H,1,6-8,10-11H2,(H,17,18). The first-order valence-corrected chi connectivity index (χ1v) is 6.62. The maximum absolute atomic E-state index is 11.7. The molecular formula is C15H20N2O2. The van der Waals surface area contributed by atoms with Crippen LogP contribution in [0.3, 0.4) is 0 Å². The summed E-state index contributed by atoms with van der Waals surface area (Å²) in [7, 11) is 0. The largest absolute Gasteiger partial charge is 0.489 e. The Hall–Kier alpha value is -1.81. The molecule has 1 saturated carbocycles. The van der Waals surface area contributed by atoms with Crippen LogP contribution in [-0.4, -0.2) is 25.6 Å². The van der Waals surface area contributed by atoms with Gasteiger partial charge < -0.3 is 15.4 Å². The molecule has 2 rings (SSSR count). The number of ether oxygens (including phenoxy) is 1. The molecule has 1 fully saturated rings. The molecule has 19 heavy (non-hydrogen) atoms. The number of anilines is 1. The van der Waals surface area contributed by atoms with Gasteiger partial charge in [0, 0.05) is 11.8 Å². The van der Waals surface area contributed by atoms with Crippen LogP contribution in [0, 0.1) is 5.92 Å². The third-order valence-corrected chi connectivity index (χ3v) is 2.90. The normalized spacial score (nSPS) is 13.9. The minimum Gasteiger partial charge on any atom is -0.489 e. The van der Waals surface area contributed by atoms with E-state index >= 15 is 0 Å². The molecule has 0 aliphatic heterocycles. The van der Waals surface area contributed by atoms with E-state index in [1.54, 1.807) is 6.08 Å². The van der Waals surface area contributed by atoms with Crippen molar-refractivity contribution in [3.05, 3.63) is 36.9 Å². The van der Waals surface area contributed by atoms with Crippen LogP contribution in [0.15, 0.2) is 36.9 Å². The van der Waals surface area contributed by atoms with Crippen LogP contribution < -0.4 is 15.4 Å². The molecule has 102 valence electrons. The molecule has 1 aliphatic rings. The summed E-state index contributed by atoms with van der Waals surface area (Å²) >= 11 is 0. The molecule has 2 N–H and O–H groups in total. The zero-order valence-corrected chi connectivity index (χ0v) is 11.0. The van der Waals surface area contributed by atoms with Crippen LogP contribution in [0.2, 0.25) is 0 Å². The molecule has 0 heterocycles. The van der Waals surface area contributed by atoms with E-state index in [1.807, 2.05) is 24.3 Å². The van der Waals surface area contributed by atoms with E-state index in [0.717, 1.165) is 23.9 Å². The van der Waals surface area contributed by atoms with Crippen molar-refractivity contribution in [2.24, 2.45) is 5.92 Å². The predicted molar refractivity (Wildman–Crippen MR) is 76.4 cm³/mol. The van der Waals surface area contributed by atoms with E-state index in [0.29, 0.717) is 13.2 Å². The highest BCUT2D eigenvalue weighted by molar-refractivity contribution is 5.92. The van der Waals surface area contributed by atoms with Crippen molar-refractivity contribution < 1.29 is 9.53 Å². The van der Waals surface area contributed by atoms with E-state index in [-0.39, 0.29) is 5.91 Å². The van der Waals surface area contributed by atoms with E-state index < -0.39 is 0 Å². The van der Waals surface area contributed by atoms with Crippen molar-refractivity contribution in [1.29, 1.82) is 0 Å². The van der Waals surface area contributed by atoms with Crippen LogP contribution >= 0.6 is 0 Å². The molecule has 1 aliphatic carbocycles. The third kappa shape index (κ3) is 5.14. The molecule has 0 atom stereocenters. The summed E-state index contributed by atoms with van der Waals surface area (Å²) in [6, 6.07) is 7.36. The molecule has 4 heteroatoms. The Morgan fingerprint density at radius 3 is 3.05 bits per heavy atom. The minimum atomic E-state index is -0.0264. The lowest BCUT2D eigenvalue weighted by molar-refractivity contribution is -0.115. The fraction of sp³-hybridized carbons (Fsp3) is 0.400. The van der Waals surface area contributed by atoms with E-state index in [9.17, 15) is 4.79 Å². The minimum absolute atomic E-state index is 0.0264. The van der Waals surface area contributed by atoms with E-state index in [2.05, 4.69) is 17.2 Å². The molecule has 0 radical (unpaired) electrons. The summed E-state index contributed by atoms with van der Waals surface area (Å²) in [5.74, 6) is 1.48. The number of carbonyl (C=O) groups excluding carboxylic acids is 1. The first kappa shape index (κ1) is 13.6. The molecule has 1 amide bonds. The Morgan fingerprint density at radius 2 is 2.32 bits per heavy atom. The summed E-state index contributed by atoms with van der Waals surface area (Å²) in [5.41, 5.74) is 0.750. The summed E-state index contributed by atoms with van der Waals surface area (Å²) in [6.07, 6.45) is 4.27. The Morgan fingerprint density at radius 1 is 1.47 bits per heavy atom. The van der Waals surface area contributed by atoms with Crippen LogP contribution in [0.4, 0.5) is 5.69 Å². The van der Waals surface area contributed by atoms with Gasteiger partial charge in [0.25, 0.3) is 0 Å². The molecule has 4 nitrogen and oxygen atoms in total. The lowest BCUT2D eigenvalue weighted by Gasteiger charge is -2.08. The van der Waals surface area contributed by atoms with Crippen molar-refractivity contribution >= 4 is 11.6 Å². The van der Waals surface area contributed by atoms with Crippen molar-refractivity contribution in [3.63, 3.8) is 0 Å². The van der Waals surface area contributed by atoms with Crippen LogP contribution in [0.25, 0.3) is 0 Å². The zero-order valence-electron chi connectivity index (χ0n) is 11.0. The van der Waals surface area contributed by atoms with Gasteiger partial charge >= 0.3 is 0 Å². The van der Waals surface area contributed by atoms with Gasteiger partial charge in [-0.1, -0.05) is 18.7 Å². The Kier molecular flexibility index (Phi) is 4.98. The average Bonchev–Trinajstić information content (AvgIpc) is 3.21. The number of benzene rings is 1. The first-order valence-electron chi connectivity index (χ1n) is 6.62. The van der Waals surface area contributed by atoms with E-state index in [4.69, 9.17) is 4.74 Å². The second kappa shape index (κ2) is 6.95. The zero-order chi connectivity index (χ0) is 13.5. The summed E-state index contributed by atoms with van der Waals surface area (Å²) < 4.78 is 5.41. The molecule has 0 spiro atoms. The highest BCUT2D eigenvalue weighted by atomic mass is 16.5. The fourth-order valence-electron chi connectivity index (χ4n) is 1.74. The van der Waals surface area contributed by atoms with E-state index in [1.165, 1.54) is 12.8 Å². The second-order valence-electron chi connectivity index (χ2n) is 4.75. The van der Waals surface area contributed by atoms with Crippen LogP contribution in [0.5, 0.6) is 5.75 Å². The summed E-state index contributed by atoms with van der Waals surface area (Å²) in [4.78, 5) is 11.7. The molecule has 0 aromatic heterocycles. The predicted octanol–water partition coefficient (Wildman–Crippen LogP) is 2.19. The number of amides is 1. The number of nitrogens with one attached hydrogen (secondary N) is 2. The molecule has 1 aromatic carbocycles. The maximum Gasteiger partial charge on any atom is 0.238 e. The Bertz CT molecular complexity index is 442. The smallest absolute Gasteiger partial charge is 0.238 e. The number of carbonyl (C=O) groups is 1. The summed E-state index contributed by atoms with van der Waals surface area (Å²) in [5, 5.41) is 6.01. The lowest BCUT2D eigenvalue weighted by atomic mass is 10.3. The average molecular weight is 260 g/mol. The van der Waals surface area contributed by atoms with Gasteiger partial charge in [-0.2, -0.15) is 0 Å². The SMILES string of the molecule is C=CCOc1cccc(NC(=O)CNCC2CC2)c1. The van der Waals surface area contributed by atoms with Gasteiger partial charge in [0.15, 0.2) is 0 Å². The van der Waals surface area contributed by atoms with Gasteiger partial charge in [-0.3, -0.25) is 4.79 Å². The molecular weight excluding hydrogens is 240 g/mol. The van der Waals surface area contributed by atoms with Crippen molar-refractivity contribution in [1.82, 2.24) is 5.32 Å². The van der Waals surface area contributed by atoms with Crippen LogP contribution in [0.1, 0.15) is 12.8 Å². The van der Waals surface area contributed by atoms with Crippen molar-refractivity contribution in [2.75, 3.05) is 25.0 Å². The Balaban J connectivity index is 1.76. The quantitative estimate of drug-likeness (QED) is 0.704. The molecule has 0 saturated heterocycles. The molecule has 0 unspecified atom stereocenters. The fourth-order valence-corrected chi connectivity index (χ4v) is 1.74. The molecule has 0 bridgehead atoms. The van der Waals surface area contributed by atoms with Gasteiger partial charge in [0.1, 0.15) is 12.4 Å². The monoisotopic (exact) mass is 260 g/mol. The van der Waals surface area contributed by atoms with Gasteiger partial charge in [-0.25, -0.2) is 0 Å². The first-order chi connectivity index (χ1) is 9.28. The maximum atomic E-state index is 11.7. The lowest BCUT2D eigenvalue weighted by Crippen LogP contribution is -2.29. The highest BCUT2D eigenvalue weighted by Crippen LogP contribution is 2.27. The highest BCUT2D eigenvalue weighted by Gasteiger charge is 2.20. The van der Waals surface area contributed by atoms with Gasteiger partial charge in [0.2, 0.25) is 5.91 Å². The number of hydrogen-bond donors (Lipinski definition) is 2. The number of hydrogen-bond acceptors (Lipinski definition) is 3. The topological polar surface area (TPSA) is 50.4 Å². The van der Waals surface area contributed by atoms with Crippen LogP contribution in [-0.2, 0) is 4.79 Å². The van der Waals surface area contributed by atoms with Gasteiger partial charge in [-0.05, 0) is 37.4 Å². The van der Waals surface area contributed by atoms with Gasteiger partial charge in [-0.15, -0.1) is 0 Å². The molecule has 1 aromatic rings. The Labute approximate surface area is 113 Å². The van der Waals surface area contributed by atoms with Gasteiger partial charge in [0.05, 0.1) is 6.54 Å². The summed E-state index contributed by atoms with van der Waals surface area (Å²) in [6.45, 7) is 5.35. The second-order valence-corrected chi connectivity index (χ2v) is 4.75. The van der Waals surface area contributed by atoms with Crippen molar-refractivity contribution in [2.45, 2.75) is 12.8 Å². The van der Waals surface area contributed by atoms with Crippen molar-refractivity contribution in [3.8, 4) is 5.75 Å².